The molecule has 0 aromatic heterocycles. The normalized spacial score (nSPS) is 34.0. The molecule has 1 aliphatic heterocycles. The molecule has 0 spiro atoms. The van der Waals surface area contributed by atoms with E-state index in [9.17, 15) is 4.79 Å². The van der Waals surface area contributed by atoms with E-state index in [1.807, 2.05) is 0 Å². The summed E-state index contributed by atoms with van der Waals surface area (Å²) in [5.74, 6) is 1.33. The van der Waals surface area contributed by atoms with Crippen molar-refractivity contribution in [3.05, 3.63) is 0 Å². The van der Waals surface area contributed by atoms with Crippen molar-refractivity contribution in [1.29, 1.82) is 0 Å². The summed E-state index contributed by atoms with van der Waals surface area (Å²) in [5, 5.41) is 8.86. The first kappa shape index (κ1) is 8.85. The molecule has 0 bridgehead atoms. The molecule has 0 aromatic rings. The number of amides is 1. The molecule has 2 aliphatic rings. The number of carboxylic acid groups (broad SMARTS) is 1. The second kappa shape index (κ2) is 3.56. The summed E-state index contributed by atoms with van der Waals surface area (Å²) >= 11 is 0. The van der Waals surface area contributed by atoms with Crippen molar-refractivity contribution in [2.75, 3.05) is 13.1 Å². The van der Waals surface area contributed by atoms with E-state index in [1.165, 1.54) is 32.1 Å². The summed E-state index contributed by atoms with van der Waals surface area (Å²) in [4.78, 5) is 12.4. The summed E-state index contributed by atoms with van der Waals surface area (Å²) in [6.07, 6.45) is 5.71. The Morgan fingerprint density at radius 3 is 2.08 bits per heavy atom. The molecule has 1 saturated heterocycles. The van der Waals surface area contributed by atoms with Crippen molar-refractivity contribution in [3.63, 3.8) is 0 Å². The van der Waals surface area contributed by atoms with Crippen molar-refractivity contribution in [3.8, 4) is 0 Å². The number of carbonyl (C=O) groups is 1. The second-order valence-corrected chi connectivity index (χ2v) is 4.35. The third kappa shape index (κ3) is 1.79. The molecule has 1 heterocycles. The van der Waals surface area contributed by atoms with Crippen LogP contribution in [0.15, 0.2) is 0 Å². The van der Waals surface area contributed by atoms with Gasteiger partial charge in [-0.25, -0.2) is 4.79 Å². The molecular weight excluding hydrogens is 166 g/mol. The largest absolute Gasteiger partial charge is 0.465 e. The van der Waals surface area contributed by atoms with Crippen LogP contribution in [0.4, 0.5) is 4.79 Å². The van der Waals surface area contributed by atoms with Gasteiger partial charge in [0.2, 0.25) is 0 Å². The highest BCUT2D eigenvalue weighted by Gasteiger charge is 2.35. The van der Waals surface area contributed by atoms with E-state index < -0.39 is 6.09 Å². The fraction of sp³-hybridized carbons (Fsp3) is 0.900. The average Bonchev–Trinajstić information content (AvgIpc) is 2.38. The van der Waals surface area contributed by atoms with Crippen molar-refractivity contribution in [2.24, 2.45) is 11.8 Å². The highest BCUT2D eigenvalue weighted by atomic mass is 16.4. The number of likely N-dealkylation sites (tertiary alicyclic amines) is 1. The van der Waals surface area contributed by atoms with Gasteiger partial charge < -0.3 is 10.0 Å². The number of rotatable bonds is 0. The van der Waals surface area contributed by atoms with Crippen LogP contribution in [0.3, 0.4) is 0 Å². The van der Waals surface area contributed by atoms with Crippen molar-refractivity contribution in [1.82, 2.24) is 4.90 Å². The van der Waals surface area contributed by atoms with Gasteiger partial charge in [-0.2, -0.15) is 0 Å². The highest BCUT2D eigenvalue weighted by molar-refractivity contribution is 5.65. The smallest absolute Gasteiger partial charge is 0.407 e. The third-order valence-corrected chi connectivity index (χ3v) is 3.50. The van der Waals surface area contributed by atoms with Gasteiger partial charge in [-0.1, -0.05) is 19.3 Å². The van der Waals surface area contributed by atoms with Crippen LogP contribution in [0.2, 0.25) is 0 Å². The lowest BCUT2D eigenvalue weighted by Crippen LogP contribution is -2.27. The maximum atomic E-state index is 10.8. The summed E-state index contributed by atoms with van der Waals surface area (Å²) in [5.41, 5.74) is 0. The molecule has 0 aromatic carbocycles. The third-order valence-electron chi connectivity index (χ3n) is 3.50. The summed E-state index contributed by atoms with van der Waals surface area (Å²) < 4.78 is 0. The lowest BCUT2D eigenvalue weighted by atomic mass is 9.92. The minimum absolute atomic E-state index is 0.665. The molecular formula is C10H17NO2. The van der Waals surface area contributed by atoms with E-state index in [4.69, 9.17) is 5.11 Å². The molecule has 74 valence electrons. The second-order valence-electron chi connectivity index (χ2n) is 4.35. The molecule has 2 fully saturated rings. The van der Waals surface area contributed by atoms with Gasteiger partial charge in [0.25, 0.3) is 0 Å². The Morgan fingerprint density at radius 2 is 1.62 bits per heavy atom. The van der Waals surface area contributed by atoms with Crippen molar-refractivity contribution >= 4 is 6.09 Å². The van der Waals surface area contributed by atoms with Gasteiger partial charge in [0.05, 0.1) is 0 Å². The zero-order valence-electron chi connectivity index (χ0n) is 7.91. The summed E-state index contributed by atoms with van der Waals surface area (Å²) in [7, 11) is 0. The molecule has 2 unspecified atom stereocenters. The van der Waals surface area contributed by atoms with Gasteiger partial charge in [0.1, 0.15) is 0 Å². The highest BCUT2D eigenvalue weighted by Crippen LogP contribution is 2.34. The van der Waals surface area contributed by atoms with Crippen LogP contribution in [0.1, 0.15) is 32.1 Å². The SMILES string of the molecule is O=C(O)N1CC2CCCCCC2C1. The van der Waals surface area contributed by atoms with Gasteiger partial charge in [-0.3, -0.25) is 0 Å². The molecule has 1 amide bonds. The molecule has 13 heavy (non-hydrogen) atoms. The van der Waals surface area contributed by atoms with E-state index in [0.29, 0.717) is 11.8 Å². The Hall–Kier alpha value is -0.730. The van der Waals surface area contributed by atoms with Gasteiger partial charge >= 0.3 is 6.09 Å². The maximum Gasteiger partial charge on any atom is 0.407 e. The molecule has 3 heteroatoms. The molecule has 3 nitrogen and oxygen atoms in total. The fourth-order valence-corrected chi connectivity index (χ4v) is 2.74. The quantitative estimate of drug-likeness (QED) is 0.625. The molecule has 1 aliphatic carbocycles. The zero-order chi connectivity index (χ0) is 9.26. The first-order valence-electron chi connectivity index (χ1n) is 5.25. The summed E-state index contributed by atoms with van der Waals surface area (Å²) in [6, 6.07) is 0. The Balaban J connectivity index is 1.97. The zero-order valence-corrected chi connectivity index (χ0v) is 7.91. The van der Waals surface area contributed by atoms with Crippen LogP contribution in [0, 0.1) is 11.8 Å². The number of nitrogens with zero attached hydrogens (tertiary/aromatic N) is 1. The van der Waals surface area contributed by atoms with Gasteiger partial charge in [0, 0.05) is 13.1 Å². The Kier molecular flexibility index (Phi) is 2.42. The van der Waals surface area contributed by atoms with Crippen molar-refractivity contribution < 1.29 is 9.90 Å². The Morgan fingerprint density at radius 1 is 1.08 bits per heavy atom. The first-order valence-corrected chi connectivity index (χ1v) is 5.25. The van der Waals surface area contributed by atoms with Gasteiger partial charge in [-0.15, -0.1) is 0 Å². The molecule has 1 N–H and O–H groups in total. The van der Waals surface area contributed by atoms with Crippen LogP contribution in [0.25, 0.3) is 0 Å². The number of hydrogen-bond acceptors (Lipinski definition) is 1. The first-order chi connectivity index (χ1) is 6.27. The van der Waals surface area contributed by atoms with Crippen LogP contribution in [-0.4, -0.2) is 29.2 Å². The fourth-order valence-electron chi connectivity index (χ4n) is 2.74. The van der Waals surface area contributed by atoms with Gasteiger partial charge in [0.15, 0.2) is 0 Å². The predicted molar refractivity (Wildman–Crippen MR) is 49.7 cm³/mol. The van der Waals surface area contributed by atoms with Crippen molar-refractivity contribution in [2.45, 2.75) is 32.1 Å². The van der Waals surface area contributed by atoms with Gasteiger partial charge in [-0.05, 0) is 24.7 Å². The summed E-state index contributed by atoms with van der Waals surface area (Å²) in [6.45, 7) is 1.58. The minimum Gasteiger partial charge on any atom is -0.465 e. The molecule has 0 radical (unpaired) electrons. The van der Waals surface area contributed by atoms with Crippen LogP contribution < -0.4 is 0 Å². The van der Waals surface area contributed by atoms with Crippen LogP contribution in [-0.2, 0) is 0 Å². The maximum absolute atomic E-state index is 10.8. The standard InChI is InChI=1S/C10H17NO2/c12-10(13)11-6-8-4-2-1-3-5-9(8)7-11/h8-9H,1-7H2,(H,12,13). The number of fused-ring (bicyclic) bond motifs is 1. The average molecular weight is 183 g/mol. The Bertz CT molecular complexity index is 191. The topological polar surface area (TPSA) is 40.5 Å². The monoisotopic (exact) mass is 183 g/mol. The minimum atomic E-state index is -0.729. The van der Waals surface area contributed by atoms with E-state index in [0.717, 1.165) is 13.1 Å². The Labute approximate surface area is 78.7 Å². The lowest BCUT2D eigenvalue weighted by Gasteiger charge is -2.12. The predicted octanol–water partition coefficient (Wildman–Crippen LogP) is 2.18. The molecule has 1 saturated carbocycles. The van der Waals surface area contributed by atoms with Crippen LogP contribution in [0.5, 0.6) is 0 Å². The van der Waals surface area contributed by atoms with E-state index in [2.05, 4.69) is 0 Å². The van der Waals surface area contributed by atoms with Crippen LogP contribution >= 0.6 is 0 Å². The van der Waals surface area contributed by atoms with E-state index >= 15 is 0 Å². The van der Waals surface area contributed by atoms with E-state index in [-0.39, 0.29) is 0 Å². The van der Waals surface area contributed by atoms with E-state index in [1.54, 1.807) is 4.90 Å². The molecule has 2 atom stereocenters. The number of hydrogen-bond donors (Lipinski definition) is 1. The molecule has 2 rings (SSSR count). The lowest BCUT2D eigenvalue weighted by molar-refractivity contribution is 0.152.